The zero-order valence-electron chi connectivity index (χ0n) is 14.7. The van der Waals surface area contributed by atoms with Crippen LogP contribution in [0.4, 0.5) is 0 Å². The van der Waals surface area contributed by atoms with Gasteiger partial charge in [0.15, 0.2) is 0 Å². The summed E-state index contributed by atoms with van der Waals surface area (Å²) in [6, 6.07) is 9.81. The van der Waals surface area contributed by atoms with Crippen LogP contribution in [0.3, 0.4) is 0 Å². The number of hydrogen-bond acceptors (Lipinski definition) is 4. The molecule has 0 fully saturated rings. The lowest BCUT2D eigenvalue weighted by molar-refractivity contribution is -0.137. The average molecular weight is 365 g/mol. The molecule has 0 aliphatic rings. The van der Waals surface area contributed by atoms with Crippen molar-refractivity contribution in [2.24, 2.45) is 5.73 Å². The van der Waals surface area contributed by atoms with Gasteiger partial charge in [0.25, 0.3) is 11.8 Å². The minimum atomic E-state index is -1.09. The second-order valence-electron chi connectivity index (χ2n) is 6.04. The van der Waals surface area contributed by atoms with Crippen LogP contribution >= 0.6 is 0 Å². The second kappa shape index (κ2) is 7.69. The summed E-state index contributed by atoms with van der Waals surface area (Å²) in [5.74, 6) is -1.85. The Morgan fingerprint density at radius 3 is 2.59 bits per heavy atom. The van der Waals surface area contributed by atoms with Gasteiger partial charge in [-0.05, 0) is 18.6 Å². The number of aromatic nitrogens is 3. The highest BCUT2D eigenvalue weighted by atomic mass is 16.2. The van der Waals surface area contributed by atoms with Crippen LogP contribution in [0.25, 0.3) is 5.69 Å². The van der Waals surface area contributed by atoms with Crippen molar-refractivity contribution in [2.75, 3.05) is 0 Å². The summed E-state index contributed by atoms with van der Waals surface area (Å²) < 4.78 is 1.65. The van der Waals surface area contributed by atoms with E-state index in [1.807, 2.05) is 30.3 Å². The smallest absolute Gasteiger partial charge is 0.287 e. The number of aryl methyl sites for hydroxylation is 1. The monoisotopic (exact) mass is 365 g/mol. The number of primary amides is 1. The number of carbonyl (C=O) groups is 3. The molecule has 0 saturated heterocycles. The number of H-pyrrole nitrogens is 1. The largest absolute Gasteiger partial charge is 0.366 e. The normalized spacial score (nSPS) is 11.7. The maximum Gasteiger partial charge on any atom is 0.287 e. The third kappa shape index (κ3) is 3.95. The van der Waals surface area contributed by atoms with E-state index in [-0.39, 0.29) is 12.1 Å². The summed E-state index contributed by atoms with van der Waals surface area (Å²) >= 11 is 0. The lowest BCUT2D eigenvalue weighted by atomic mass is 10.0. The van der Waals surface area contributed by atoms with E-state index >= 15 is 0 Å². The summed E-state index contributed by atoms with van der Waals surface area (Å²) in [5.41, 5.74) is 6.94. The molecule has 2 aromatic heterocycles. The quantitative estimate of drug-likeness (QED) is 0.538. The van der Waals surface area contributed by atoms with Crippen LogP contribution in [-0.2, 0) is 16.0 Å². The van der Waals surface area contributed by atoms with E-state index in [0.717, 1.165) is 11.3 Å². The van der Waals surface area contributed by atoms with Gasteiger partial charge in [-0.1, -0.05) is 30.3 Å². The first kappa shape index (κ1) is 18.1. The molecule has 8 nitrogen and oxygen atoms in total. The average Bonchev–Trinajstić information content (AvgIpc) is 3.30. The molecule has 8 heteroatoms. The third-order valence-electron chi connectivity index (χ3n) is 4.16. The molecule has 2 amide bonds. The number of rotatable bonds is 7. The summed E-state index contributed by atoms with van der Waals surface area (Å²) in [6.45, 7) is 1.76. The van der Waals surface area contributed by atoms with Crippen molar-refractivity contribution >= 4 is 17.6 Å². The highest BCUT2D eigenvalue weighted by molar-refractivity contribution is 6.38. The molecule has 0 aliphatic heterocycles. The first-order valence-corrected chi connectivity index (χ1v) is 8.33. The molecule has 27 heavy (non-hydrogen) atoms. The highest BCUT2D eigenvalue weighted by Gasteiger charge is 2.27. The molecule has 2 heterocycles. The van der Waals surface area contributed by atoms with Gasteiger partial charge >= 0.3 is 0 Å². The van der Waals surface area contributed by atoms with Crippen LogP contribution in [0.2, 0.25) is 0 Å². The fraction of sp³-hybridized carbons (Fsp3) is 0.158. The van der Waals surface area contributed by atoms with Crippen LogP contribution in [0, 0.1) is 6.92 Å². The Morgan fingerprint density at radius 1 is 1.22 bits per heavy atom. The van der Waals surface area contributed by atoms with Crippen LogP contribution in [-0.4, -0.2) is 38.2 Å². The number of imidazole rings is 1. The van der Waals surface area contributed by atoms with Crippen LogP contribution < -0.4 is 11.1 Å². The minimum Gasteiger partial charge on any atom is -0.366 e. The molecule has 4 N–H and O–H groups in total. The first-order valence-electron chi connectivity index (χ1n) is 8.33. The number of nitrogens with two attached hydrogens (primary N) is 1. The summed E-state index contributed by atoms with van der Waals surface area (Å²) in [7, 11) is 0. The zero-order chi connectivity index (χ0) is 19.4. The summed E-state index contributed by atoms with van der Waals surface area (Å²) in [5, 5.41) is 2.62. The van der Waals surface area contributed by atoms with Crippen molar-refractivity contribution in [2.45, 2.75) is 19.4 Å². The molecule has 1 unspecified atom stereocenters. The van der Waals surface area contributed by atoms with E-state index < -0.39 is 23.6 Å². The topological polar surface area (TPSA) is 123 Å². The SMILES string of the molecule is Cc1ncc(C(=O)NC(Cc2ccccc2)C(=O)C(N)=O)n1-c1cc[nH]c1. The number of carbonyl (C=O) groups excluding carboxylic acids is 3. The molecule has 0 spiro atoms. The molecule has 0 radical (unpaired) electrons. The maximum absolute atomic E-state index is 12.8. The van der Waals surface area contributed by atoms with Gasteiger partial charge in [0.2, 0.25) is 5.78 Å². The summed E-state index contributed by atoms with van der Waals surface area (Å²) in [4.78, 5) is 43.5. The van der Waals surface area contributed by atoms with E-state index in [9.17, 15) is 14.4 Å². The number of nitrogens with zero attached hydrogens (tertiary/aromatic N) is 2. The van der Waals surface area contributed by atoms with Crippen LogP contribution in [0.15, 0.2) is 55.0 Å². The number of benzene rings is 1. The van der Waals surface area contributed by atoms with Gasteiger partial charge < -0.3 is 16.0 Å². The maximum atomic E-state index is 12.8. The van der Waals surface area contributed by atoms with Gasteiger partial charge in [-0.15, -0.1) is 0 Å². The predicted octanol–water partition coefficient (Wildman–Crippen LogP) is 0.904. The molecule has 1 atom stereocenters. The number of nitrogens with one attached hydrogen (secondary N) is 2. The summed E-state index contributed by atoms with van der Waals surface area (Å²) in [6.07, 6.45) is 5.03. The lowest BCUT2D eigenvalue weighted by Gasteiger charge is -2.17. The number of amides is 2. The van der Waals surface area contributed by atoms with Gasteiger partial charge in [-0.3, -0.25) is 19.0 Å². The Kier molecular flexibility index (Phi) is 5.16. The Balaban J connectivity index is 1.87. The van der Waals surface area contributed by atoms with E-state index in [0.29, 0.717) is 5.82 Å². The van der Waals surface area contributed by atoms with Crippen LogP contribution in [0.5, 0.6) is 0 Å². The molecule has 1 aromatic carbocycles. The van der Waals surface area contributed by atoms with Gasteiger partial charge in [-0.2, -0.15) is 0 Å². The number of Topliss-reactive ketones (excluding diaryl/α,β-unsaturated/α-hetero) is 1. The third-order valence-corrected chi connectivity index (χ3v) is 4.16. The van der Waals surface area contributed by atoms with E-state index in [1.165, 1.54) is 6.20 Å². The van der Waals surface area contributed by atoms with Gasteiger partial charge in [0.05, 0.1) is 11.9 Å². The Bertz CT molecular complexity index is 961. The zero-order valence-corrected chi connectivity index (χ0v) is 14.7. The molecular weight excluding hydrogens is 346 g/mol. The van der Waals surface area contributed by atoms with Gasteiger partial charge in [0.1, 0.15) is 17.6 Å². The molecule has 3 rings (SSSR count). The molecule has 0 bridgehead atoms. The molecular formula is C19H19N5O3. The predicted molar refractivity (Wildman–Crippen MR) is 98.3 cm³/mol. The van der Waals surface area contributed by atoms with Gasteiger partial charge in [0, 0.05) is 18.8 Å². The Labute approximate surface area is 155 Å². The van der Waals surface area contributed by atoms with Crippen molar-refractivity contribution in [3.63, 3.8) is 0 Å². The number of aromatic amines is 1. The van der Waals surface area contributed by atoms with E-state index in [4.69, 9.17) is 5.73 Å². The Hall–Kier alpha value is -3.68. The van der Waals surface area contributed by atoms with E-state index in [2.05, 4.69) is 15.3 Å². The van der Waals surface area contributed by atoms with Crippen LogP contribution in [0.1, 0.15) is 21.9 Å². The standard InChI is InChI=1S/C19H19N5O3/c1-12-22-11-16(24(12)14-7-8-21-10-14)19(27)23-15(17(25)18(20)26)9-13-5-3-2-4-6-13/h2-8,10-11,15,21H,9H2,1H3,(H2,20,26)(H,23,27). The van der Waals surface area contributed by atoms with Crippen molar-refractivity contribution in [1.29, 1.82) is 0 Å². The molecule has 3 aromatic rings. The fourth-order valence-corrected chi connectivity index (χ4v) is 2.85. The van der Waals surface area contributed by atoms with Crippen molar-refractivity contribution < 1.29 is 14.4 Å². The van der Waals surface area contributed by atoms with Gasteiger partial charge in [-0.25, -0.2) is 4.98 Å². The van der Waals surface area contributed by atoms with Crippen molar-refractivity contribution in [1.82, 2.24) is 19.9 Å². The number of hydrogen-bond donors (Lipinski definition) is 3. The number of ketones is 1. The highest BCUT2D eigenvalue weighted by Crippen LogP contribution is 2.14. The Morgan fingerprint density at radius 2 is 1.96 bits per heavy atom. The lowest BCUT2D eigenvalue weighted by Crippen LogP contribution is -2.47. The first-order chi connectivity index (χ1) is 13.0. The fourth-order valence-electron chi connectivity index (χ4n) is 2.85. The van der Waals surface area contributed by atoms with E-state index in [1.54, 1.807) is 30.0 Å². The second-order valence-corrected chi connectivity index (χ2v) is 6.04. The minimum absolute atomic E-state index is 0.158. The molecule has 0 saturated carbocycles. The van der Waals surface area contributed by atoms with Crippen molar-refractivity contribution in [3.05, 3.63) is 72.1 Å². The molecule has 0 aliphatic carbocycles. The molecule has 138 valence electrons. The van der Waals surface area contributed by atoms with Crippen molar-refractivity contribution in [3.8, 4) is 5.69 Å².